The molecular formula is C14H14BrClN4O2. The van der Waals surface area contributed by atoms with E-state index in [0.717, 1.165) is 21.2 Å². The number of carboxylic acid groups (broad SMARTS) is 1. The van der Waals surface area contributed by atoms with Crippen molar-refractivity contribution in [3.05, 3.63) is 27.5 Å². The molecule has 1 aromatic heterocycles. The number of anilines is 1. The first-order valence-electron chi connectivity index (χ1n) is 6.82. The second kappa shape index (κ2) is 5.89. The van der Waals surface area contributed by atoms with Crippen LogP contribution in [-0.4, -0.2) is 52.2 Å². The van der Waals surface area contributed by atoms with E-state index in [0.29, 0.717) is 37.0 Å². The quantitative estimate of drug-likeness (QED) is 0.816. The Bertz CT molecular complexity index is 747. The molecule has 1 amide bonds. The van der Waals surface area contributed by atoms with Gasteiger partial charge in [-0.25, -0.2) is 14.8 Å². The van der Waals surface area contributed by atoms with Gasteiger partial charge in [0.2, 0.25) is 0 Å². The van der Waals surface area contributed by atoms with Crippen LogP contribution >= 0.6 is 27.5 Å². The lowest BCUT2D eigenvalue weighted by molar-refractivity contribution is 0.142. The molecule has 2 heterocycles. The number of halogens is 2. The molecule has 1 N–H and O–H groups in total. The lowest BCUT2D eigenvalue weighted by atomic mass is 10.2. The van der Waals surface area contributed by atoms with Gasteiger partial charge in [0.05, 0.1) is 10.5 Å². The average molecular weight is 386 g/mol. The smallest absolute Gasteiger partial charge is 0.407 e. The summed E-state index contributed by atoms with van der Waals surface area (Å²) < 4.78 is 0.791. The van der Waals surface area contributed by atoms with E-state index in [1.807, 2.05) is 19.1 Å². The zero-order valence-electron chi connectivity index (χ0n) is 11.9. The van der Waals surface area contributed by atoms with Crippen molar-refractivity contribution in [3.63, 3.8) is 0 Å². The highest BCUT2D eigenvalue weighted by Crippen LogP contribution is 2.32. The summed E-state index contributed by atoms with van der Waals surface area (Å²) in [4.78, 5) is 23.5. The van der Waals surface area contributed by atoms with Gasteiger partial charge in [0.15, 0.2) is 0 Å². The van der Waals surface area contributed by atoms with Crippen molar-refractivity contribution in [2.75, 3.05) is 31.1 Å². The Labute approximate surface area is 140 Å². The van der Waals surface area contributed by atoms with Crippen molar-refractivity contribution in [3.8, 4) is 0 Å². The van der Waals surface area contributed by atoms with Gasteiger partial charge in [-0.3, -0.25) is 0 Å². The second-order valence-electron chi connectivity index (χ2n) is 5.13. The van der Waals surface area contributed by atoms with E-state index in [4.69, 9.17) is 16.7 Å². The normalized spacial score (nSPS) is 15.4. The van der Waals surface area contributed by atoms with Gasteiger partial charge in [0.25, 0.3) is 0 Å². The first-order chi connectivity index (χ1) is 10.5. The summed E-state index contributed by atoms with van der Waals surface area (Å²) in [6, 6.07) is 3.72. The third-order valence-corrected chi connectivity index (χ3v) is 4.88. The number of amides is 1. The van der Waals surface area contributed by atoms with Gasteiger partial charge in [-0.15, -0.1) is 0 Å². The molecule has 0 bridgehead atoms. The molecule has 6 nitrogen and oxygen atoms in total. The maximum Gasteiger partial charge on any atom is 0.407 e. The molecule has 0 atom stereocenters. The van der Waals surface area contributed by atoms with Crippen LogP contribution in [0, 0.1) is 6.92 Å². The molecule has 22 heavy (non-hydrogen) atoms. The van der Waals surface area contributed by atoms with Gasteiger partial charge in [-0.05, 0) is 35.0 Å². The first kappa shape index (κ1) is 15.3. The van der Waals surface area contributed by atoms with Gasteiger partial charge in [0.1, 0.15) is 11.6 Å². The van der Waals surface area contributed by atoms with E-state index in [1.165, 1.54) is 4.90 Å². The van der Waals surface area contributed by atoms with Crippen molar-refractivity contribution in [2.45, 2.75) is 6.92 Å². The van der Waals surface area contributed by atoms with Crippen LogP contribution in [0.1, 0.15) is 5.82 Å². The van der Waals surface area contributed by atoms with E-state index >= 15 is 0 Å². The Kier molecular flexibility index (Phi) is 4.10. The summed E-state index contributed by atoms with van der Waals surface area (Å²) in [5, 5.41) is 10.6. The SMILES string of the molecule is Cc1nc(N2CCN(C(=O)O)CC2)c2cc(Br)c(Cl)cc2n1. The summed E-state index contributed by atoms with van der Waals surface area (Å²) >= 11 is 9.57. The van der Waals surface area contributed by atoms with Crippen LogP contribution in [0.3, 0.4) is 0 Å². The van der Waals surface area contributed by atoms with Gasteiger partial charge in [-0.1, -0.05) is 11.6 Å². The second-order valence-corrected chi connectivity index (χ2v) is 6.40. The fourth-order valence-corrected chi connectivity index (χ4v) is 3.07. The van der Waals surface area contributed by atoms with Crippen molar-refractivity contribution < 1.29 is 9.90 Å². The van der Waals surface area contributed by atoms with Crippen LogP contribution in [0.4, 0.5) is 10.6 Å². The zero-order chi connectivity index (χ0) is 15.9. The largest absolute Gasteiger partial charge is 0.465 e. The molecule has 0 radical (unpaired) electrons. The standard InChI is InChI=1S/C14H14BrClN4O2/c1-8-17-12-7-11(16)10(15)6-9(12)13(18-8)19-2-4-20(5-3-19)14(21)22/h6-7H,2-5H2,1H3,(H,21,22). The molecule has 1 saturated heterocycles. The Balaban J connectivity index is 2.00. The molecule has 2 aromatic rings. The summed E-state index contributed by atoms with van der Waals surface area (Å²) in [5.41, 5.74) is 0.788. The maximum atomic E-state index is 11.0. The van der Waals surface area contributed by atoms with Crippen molar-refractivity contribution >= 4 is 50.3 Å². The maximum absolute atomic E-state index is 11.0. The van der Waals surface area contributed by atoms with E-state index in [-0.39, 0.29) is 0 Å². The number of carbonyl (C=O) groups is 1. The summed E-state index contributed by atoms with van der Waals surface area (Å²) in [7, 11) is 0. The zero-order valence-corrected chi connectivity index (χ0v) is 14.2. The Morgan fingerprint density at radius 1 is 1.27 bits per heavy atom. The molecule has 1 aliphatic rings. The number of nitrogens with zero attached hydrogens (tertiary/aromatic N) is 4. The molecule has 116 valence electrons. The van der Waals surface area contributed by atoms with E-state index in [9.17, 15) is 4.79 Å². The molecular weight excluding hydrogens is 372 g/mol. The number of rotatable bonds is 1. The molecule has 0 aliphatic carbocycles. The van der Waals surface area contributed by atoms with Gasteiger partial charge in [-0.2, -0.15) is 0 Å². The summed E-state index contributed by atoms with van der Waals surface area (Å²) in [6.45, 7) is 3.99. The van der Waals surface area contributed by atoms with Crippen molar-refractivity contribution in [1.82, 2.24) is 14.9 Å². The Morgan fingerprint density at radius 3 is 2.59 bits per heavy atom. The summed E-state index contributed by atoms with van der Waals surface area (Å²) in [6.07, 6.45) is -0.877. The number of fused-ring (bicyclic) bond motifs is 1. The van der Waals surface area contributed by atoms with Crippen LogP contribution in [0.2, 0.25) is 5.02 Å². The molecule has 1 fully saturated rings. The predicted octanol–water partition coefficient (Wildman–Crippen LogP) is 3.15. The molecule has 8 heteroatoms. The van der Waals surface area contributed by atoms with E-state index in [2.05, 4.69) is 30.8 Å². The molecule has 3 rings (SSSR count). The molecule has 0 unspecified atom stereocenters. The summed E-state index contributed by atoms with van der Waals surface area (Å²) in [5.74, 6) is 1.49. The van der Waals surface area contributed by atoms with Crippen LogP contribution in [0.5, 0.6) is 0 Å². The topological polar surface area (TPSA) is 69.6 Å². The van der Waals surface area contributed by atoms with Crippen LogP contribution in [0.25, 0.3) is 10.9 Å². The highest BCUT2D eigenvalue weighted by molar-refractivity contribution is 9.10. The van der Waals surface area contributed by atoms with Crippen LogP contribution in [0.15, 0.2) is 16.6 Å². The predicted molar refractivity (Wildman–Crippen MR) is 88.8 cm³/mol. The molecule has 1 aromatic carbocycles. The van der Waals surface area contributed by atoms with E-state index < -0.39 is 6.09 Å². The fourth-order valence-electron chi connectivity index (χ4n) is 2.57. The highest BCUT2D eigenvalue weighted by Gasteiger charge is 2.23. The molecule has 1 aliphatic heterocycles. The minimum absolute atomic E-state index is 0.467. The number of benzene rings is 1. The van der Waals surface area contributed by atoms with Gasteiger partial charge in [0, 0.05) is 36.0 Å². The third-order valence-electron chi connectivity index (χ3n) is 3.68. The minimum Gasteiger partial charge on any atom is -0.465 e. The molecule has 0 spiro atoms. The van der Waals surface area contributed by atoms with Gasteiger partial charge < -0.3 is 14.9 Å². The Morgan fingerprint density at radius 2 is 1.95 bits per heavy atom. The fraction of sp³-hybridized carbons (Fsp3) is 0.357. The average Bonchev–Trinajstić information content (AvgIpc) is 2.48. The lowest BCUT2D eigenvalue weighted by Gasteiger charge is -2.34. The highest BCUT2D eigenvalue weighted by atomic mass is 79.9. The first-order valence-corrected chi connectivity index (χ1v) is 7.99. The monoisotopic (exact) mass is 384 g/mol. The lowest BCUT2D eigenvalue weighted by Crippen LogP contribution is -2.48. The number of hydrogen-bond acceptors (Lipinski definition) is 4. The number of aryl methyl sites for hydroxylation is 1. The van der Waals surface area contributed by atoms with E-state index in [1.54, 1.807) is 0 Å². The number of piperazine rings is 1. The van der Waals surface area contributed by atoms with Gasteiger partial charge >= 0.3 is 6.09 Å². The molecule has 0 saturated carbocycles. The van der Waals surface area contributed by atoms with Crippen LogP contribution < -0.4 is 4.90 Å². The third kappa shape index (κ3) is 2.83. The number of aromatic nitrogens is 2. The van der Waals surface area contributed by atoms with Crippen molar-refractivity contribution in [1.29, 1.82) is 0 Å². The minimum atomic E-state index is -0.877. The number of hydrogen-bond donors (Lipinski definition) is 1. The van der Waals surface area contributed by atoms with Crippen LogP contribution in [-0.2, 0) is 0 Å². The Hall–Kier alpha value is -1.60. The van der Waals surface area contributed by atoms with Crippen molar-refractivity contribution in [2.24, 2.45) is 0 Å².